The number of hydrogen-bond donors (Lipinski definition) is 12. The first kappa shape index (κ1) is 40.0. The van der Waals surface area contributed by atoms with E-state index >= 15 is 0 Å². The summed E-state index contributed by atoms with van der Waals surface area (Å²) in [7, 11) is 1.36. The zero-order valence-corrected chi connectivity index (χ0v) is 32.5. The first-order valence-corrected chi connectivity index (χ1v) is 19.4. The quantitative estimate of drug-likeness (QED) is 0.0943. The fraction of sp³-hybridized carbons (Fsp3) is 0.217. The normalized spacial score (nSPS) is 23.7. The molecular weight excluding hydrogens is 808 g/mol. The van der Waals surface area contributed by atoms with Crippen molar-refractivity contribution in [1.29, 1.82) is 0 Å². The van der Waals surface area contributed by atoms with Crippen molar-refractivity contribution in [2.45, 2.75) is 54.9 Å². The number of aromatic hydroxyl groups is 9. The summed E-state index contributed by atoms with van der Waals surface area (Å²) in [5.41, 5.74) is 0.513. The Kier molecular flexibility index (Phi) is 9.65. The molecule has 3 heterocycles. The Labute approximate surface area is 351 Å². The molecule has 16 nitrogen and oxygen atoms in total. The first-order valence-electron chi connectivity index (χ1n) is 19.4. The van der Waals surface area contributed by atoms with E-state index < -0.39 is 83.0 Å². The molecule has 0 radical (unpaired) electrons. The summed E-state index contributed by atoms with van der Waals surface area (Å²) < 4.78 is 24.2. The number of ether oxygens (including phenoxy) is 4. The molecule has 9 rings (SSSR count). The zero-order chi connectivity index (χ0) is 43.9. The largest absolute Gasteiger partial charge is 0.508 e. The van der Waals surface area contributed by atoms with Crippen LogP contribution in [0.15, 0.2) is 91.0 Å². The Bertz CT molecular complexity index is 2750. The van der Waals surface area contributed by atoms with Crippen LogP contribution in [0.1, 0.15) is 74.7 Å². The van der Waals surface area contributed by atoms with Crippen molar-refractivity contribution < 1.29 is 80.2 Å². The predicted molar refractivity (Wildman–Crippen MR) is 216 cm³/mol. The SMILES string of the molecule is COc1ccc(C2Oc3c(c(O)c(C4c5ccc(O)cc5OC(c5ccc(O)c(O)c5)C4O)c(O)c3C3c4ccc(O)cc4OC(c4ccc(O)c(O)c4)C3O)CC2O)cc1O. The fourth-order valence-electron chi connectivity index (χ4n) is 8.91. The second kappa shape index (κ2) is 14.9. The Morgan fingerprint density at radius 1 is 0.484 bits per heavy atom. The Morgan fingerprint density at radius 3 is 1.47 bits per heavy atom. The molecule has 0 aliphatic carbocycles. The number of methoxy groups -OCH3 is 1. The van der Waals surface area contributed by atoms with Gasteiger partial charge in [-0.15, -0.1) is 0 Å². The lowest BCUT2D eigenvalue weighted by atomic mass is 9.73. The van der Waals surface area contributed by atoms with Crippen molar-refractivity contribution in [2.24, 2.45) is 0 Å². The lowest BCUT2D eigenvalue weighted by Gasteiger charge is -2.42. The highest BCUT2D eigenvalue weighted by Gasteiger charge is 2.49. The molecule has 8 unspecified atom stereocenters. The molecule has 0 aromatic heterocycles. The Balaban J connectivity index is 1.31. The van der Waals surface area contributed by atoms with Crippen LogP contribution >= 0.6 is 0 Å². The minimum absolute atomic E-state index is 0.0192. The smallest absolute Gasteiger partial charge is 0.160 e. The Hall–Kier alpha value is -7.40. The van der Waals surface area contributed by atoms with Gasteiger partial charge in [0.1, 0.15) is 58.6 Å². The molecule has 0 saturated carbocycles. The summed E-state index contributed by atoms with van der Waals surface area (Å²) in [6, 6.07) is 19.9. The number of aliphatic hydroxyl groups excluding tert-OH is 3. The molecule has 0 fully saturated rings. The maximum absolute atomic E-state index is 12.9. The second-order valence-electron chi connectivity index (χ2n) is 15.5. The number of rotatable bonds is 6. The maximum Gasteiger partial charge on any atom is 0.160 e. The van der Waals surface area contributed by atoms with Gasteiger partial charge in [0.05, 0.1) is 13.2 Å². The number of phenols is 9. The van der Waals surface area contributed by atoms with Crippen LogP contribution in [0, 0.1) is 0 Å². The lowest BCUT2D eigenvalue weighted by Crippen LogP contribution is -2.38. The summed E-state index contributed by atoms with van der Waals surface area (Å²) in [6.45, 7) is 0. The molecule has 0 saturated heterocycles. The van der Waals surface area contributed by atoms with Crippen molar-refractivity contribution >= 4 is 0 Å². The predicted octanol–water partition coefficient (Wildman–Crippen LogP) is 5.34. The highest BCUT2D eigenvalue weighted by molar-refractivity contribution is 5.70. The molecule has 6 aromatic rings. The van der Waals surface area contributed by atoms with Gasteiger partial charge in [-0.2, -0.15) is 0 Å². The van der Waals surface area contributed by atoms with Gasteiger partial charge in [0, 0.05) is 58.2 Å². The number of benzene rings is 6. The van der Waals surface area contributed by atoms with Crippen LogP contribution in [-0.4, -0.2) is 86.7 Å². The molecule has 6 aromatic carbocycles. The van der Waals surface area contributed by atoms with Crippen LogP contribution in [0.25, 0.3) is 0 Å². The first-order chi connectivity index (χ1) is 29.6. The topological polar surface area (TPSA) is 280 Å². The van der Waals surface area contributed by atoms with E-state index in [4.69, 9.17) is 18.9 Å². The van der Waals surface area contributed by atoms with Gasteiger partial charge in [0.25, 0.3) is 0 Å². The van der Waals surface area contributed by atoms with Gasteiger partial charge in [0.15, 0.2) is 46.7 Å². The third-order valence-electron chi connectivity index (χ3n) is 11.9. The van der Waals surface area contributed by atoms with Crippen LogP contribution in [0.3, 0.4) is 0 Å². The molecule has 3 aliphatic heterocycles. The molecule has 0 amide bonds. The van der Waals surface area contributed by atoms with Gasteiger partial charge >= 0.3 is 0 Å². The Morgan fingerprint density at radius 2 is 0.968 bits per heavy atom. The van der Waals surface area contributed by atoms with Gasteiger partial charge in [0.2, 0.25) is 0 Å². The van der Waals surface area contributed by atoms with Crippen molar-refractivity contribution in [3.05, 3.63) is 136 Å². The van der Waals surface area contributed by atoms with E-state index in [1.807, 2.05) is 0 Å². The standard InChI is InChI=1S/C46H40O16/c1-59-32-11-4-18(14-30(32)53)43-31(54)17-25-39(55)37(35-23-7-5-21(47)15-33(23)60-44(41(35)57)19-2-9-26(49)28(51)12-19)40(56)38(46(25)62-43)36-24-8-6-22(48)16-34(24)61-45(42(36)58)20-3-10-27(50)29(52)13-20/h2-16,31,35-36,41-45,47-58H,17H2,1H3. The lowest BCUT2D eigenvalue weighted by molar-refractivity contribution is 0.000361. The summed E-state index contributed by atoms with van der Waals surface area (Å²) in [4.78, 5) is 0. The third-order valence-corrected chi connectivity index (χ3v) is 11.9. The van der Waals surface area contributed by atoms with Crippen LogP contribution in [0.2, 0.25) is 0 Å². The molecule has 0 bridgehead atoms. The molecule has 16 heteroatoms. The van der Waals surface area contributed by atoms with E-state index in [9.17, 15) is 61.3 Å². The van der Waals surface area contributed by atoms with Gasteiger partial charge in [-0.3, -0.25) is 0 Å². The highest BCUT2D eigenvalue weighted by Crippen LogP contribution is 2.60. The van der Waals surface area contributed by atoms with E-state index in [1.165, 1.54) is 92.0 Å². The van der Waals surface area contributed by atoms with Crippen LogP contribution < -0.4 is 18.9 Å². The number of phenolic OH excluding ortho intramolecular Hbond substituents is 9. The number of aliphatic hydroxyl groups is 3. The van der Waals surface area contributed by atoms with E-state index in [2.05, 4.69) is 0 Å². The molecular formula is C46H40O16. The van der Waals surface area contributed by atoms with Crippen molar-refractivity contribution in [3.63, 3.8) is 0 Å². The van der Waals surface area contributed by atoms with E-state index in [1.54, 1.807) is 6.07 Å². The molecule has 0 spiro atoms. The van der Waals surface area contributed by atoms with Crippen molar-refractivity contribution in [1.82, 2.24) is 0 Å². The summed E-state index contributed by atoms with van der Waals surface area (Å²) in [5, 5.41) is 135. The van der Waals surface area contributed by atoms with Crippen LogP contribution in [0.5, 0.6) is 74.7 Å². The van der Waals surface area contributed by atoms with Gasteiger partial charge < -0.3 is 80.2 Å². The zero-order valence-electron chi connectivity index (χ0n) is 32.5. The van der Waals surface area contributed by atoms with Crippen LogP contribution in [0.4, 0.5) is 0 Å². The average molecular weight is 849 g/mol. The van der Waals surface area contributed by atoms with E-state index in [-0.39, 0.29) is 91.2 Å². The number of hydrogen-bond acceptors (Lipinski definition) is 16. The fourth-order valence-corrected chi connectivity index (χ4v) is 8.91. The monoisotopic (exact) mass is 848 g/mol. The van der Waals surface area contributed by atoms with E-state index in [0.717, 1.165) is 0 Å². The third kappa shape index (κ3) is 6.43. The van der Waals surface area contributed by atoms with Gasteiger partial charge in [-0.1, -0.05) is 30.3 Å². The molecule has 8 atom stereocenters. The molecule has 12 N–H and O–H groups in total. The average Bonchev–Trinajstić information content (AvgIpc) is 3.24. The minimum Gasteiger partial charge on any atom is -0.508 e. The van der Waals surface area contributed by atoms with Crippen molar-refractivity contribution in [2.75, 3.05) is 7.11 Å². The van der Waals surface area contributed by atoms with Crippen LogP contribution in [-0.2, 0) is 6.42 Å². The summed E-state index contributed by atoms with van der Waals surface area (Å²) in [6.07, 6.45) is -9.03. The van der Waals surface area contributed by atoms with Crippen molar-refractivity contribution in [3.8, 4) is 74.7 Å². The minimum atomic E-state index is -1.68. The van der Waals surface area contributed by atoms with E-state index in [0.29, 0.717) is 0 Å². The van der Waals surface area contributed by atoms with Gasteiger partial charge in [-0.25, -0.2) is 0 Å². The summed E-state index contributed by atoms with van der Waals surface area (Å²) >= 11 is 0. The van der Waals surface area contributed by atoms with Gasteiger partial charge in [-0.05, 0) is 65.2 Å². The molecule has 62 heavy (non-hydrogen) atoms. The highest BCUT2D eigenvalue weighted by atomic mass is 16.5. The molecule has 3 aliphatic rings. The molecule has 320 valence electrons. The summed E-state index contributed by atoms with van der Waals surface area (Å²) in [5.74, 6) is -6.73. The maximum atomic E-state index is 12.9. The second-order valence-corrected chi connectivity index (χ2v) is 15.5. The number of fused-ring (bicyclic) bond motifs is 3.